The van der Waals surface area contributed by atoms with Gasteiger partial charge in [0.05, 0.1) is 5.56 Å². The number of nitrogens with zero attached hydrogens (tertiary/aromatic N) is 1. The Morgan fingerprint density at radius 2 is 2.10 bits per heavy atom. The molecule has 1 aliphatic carbocycles. The van der Waals surface area contributed by atoms with Crippen molar-refractivity contribution in [1.29, 1.82) is 0 Å². The van der Waals surface area contributed by atoms with Crippen LogP contribution in [0, 0.1) is 11.7 Å². The van der Waals surface area contributed by atoms with Crippen LogP contribution in [0.4, 0.5) is 4.39 Å². The highest BCUT2D eigenvalue weighted by Crippen LogP contribution is 2.29. The fraction of sp³-hybridized carbons (Fsp3) is 0.562. The summed E-state index contributed by atoms with van der Waals surface area (Å²) < 4.78 is 13.5. The Hall–Kier alpha value is -1.42. The number of benzene rings is 1. The van der Waals surface area contributed by atoms with Crippen LogP contribution in [-0.4, -0.2) is 28.6 Å². The van der Waals surface area contributed by atoms with Gasteiger partial charge in [0.2, 0.25) is 0 Å². The summed E-state index contributed by atoms with van der Waals surface area (Å²) in [5, 5.41) is 8.99. The summed E-state index contributed by atoms with van der Waals surface area (Å²) in [7, 11) is 0. The summed E-state index contributed by atoms with van der Waals surface area (Å²) in [5.74, 6) is -0.913. The molecule has 4 heteroatoms. The number of carbonyl (C=O) groups is 1. The summed E-state index contributed by atoms with van der Waals surface area (Å²) in [4.78, 5) is 13.3. The minimum absolute atomic E-state index is 0.0274. The predicted molar refractivity (Wildman–Crippen MR) is 76.2 cm³/mol. The topological polar surface area (TPSA) is 40.5 Å². The lowest BCUT2D eigenvalue weighted by Gasteiger charge is -2.23. The lowest BCUT2D eigenvalue weighted by Crippen LogP contribution is -2.27. The molecule has 1 aliphatic rings. The molecule has 110 valence electrons. The van der Waals surface area contributed by atoms with Crippen LogP contribution in [0.5, 0.6) is 0 Å². The molecule has 0 aromatic heterocycles. The Morgan fingerprint density at radius 1 is 1.40 bits per heavy atom. The second-order valence-corrected chi connectivity index (χ2v) is 6.04. The summed E-state index contributed by atoms with van der Waals surface area (Å²) in [5.41, 5.74) is 0.776. The number of hydrogen-bond acceptors (Lipinski definition) is 2. The van der Waals surface area contributed by atoms with Crippen LogP contribution in [0.3, 0.4) is 0 Å². The van der Waals surface area contributed by atoms with Crippen molar-refractivity contribution < 1.29 is 14.3 Å². The van der Waals surface area contributed by atoms with Crippen LogP contribution >= 0.6 is 0 Å². The van der Waals surface area contributed by atoms with Gasteiger partial charge in [0.1, 0.15) is 5.82 Å². The van der Waals surface area contributed by atoms with Crippen LogP contribution in [0.2, 0.25) is 0 Å². The van der Waals surface area contributed by atoms with Crippen LogP contribution in [-0.2, 0) is 6.54 Å². The molecule has 1 saturated carbocycles. The Labute approximate surface area is 119 Å². The molecule has 0 spiro atoms. The first-order valence-corrected chi connectivity index (χ1v) is 7.22. The predicted octanol–water partition coefficient (Wildman–Crippen LogP) is 3.53. The van der Waals surface area contributed by atoms with Crippen molar-refractivity contribution in [2.45, 2.75) is 45.7 Å². The Bertz CT molecular complexity index is 483. The van der Waals surface area contributed by atoms with Gasteiger partial charge in [0.15, 0.2) is 0 Å². The van der Waals surface area contributed by atoms with Gasteiger partial charge in [0.25, 0.3) is 0 Å². The van der Waals surface area contributed by atoms with Gasteiger partial charge < -0.3 is 5.11 Å². The highest BCUT2D eigenvalue weighted by molar-refractivity contribution is 5.87. The van der Waals surface area contributed by atoms with E-state index in [0.29, 0.717) is 18.5 Å². The smallest absolute Gasteiger partial charge is 0.335 e. The van der Waals surface area contributed by atoms with Crippen molar-refractivity contribution >= 4 is 5.97 Å². The van der Waals surface area contributed by atoms with Crippen molar-refractivity contribution in [2.75, 3.05) is 6.54 Å². The maximum atomic E-state index is 13.5. The number of carboxylic acids is 1. The average molecular weight is 279 g/mol. The molecule has 0 atom stereocenters. The molecule has 0 bridgehead atoms. The lowest BCUT2D eigenvalue weighted by atomic mass is 10.1. The highest BCUT2D eigenvalue weighted by atomic mass is 19.1. The third-order valence-electron chi connectivity index (χ3n) is 3.65. The lowest BCUT2D eigenvalue weighted by molar-refractivity contribution is 0.0696. The maximum Gasteiger partial charge on any atom is 0.335 e. The third-order valence-corrected chi connectivity index (χ3v) is 3.65. The molecule has 1 aromatic carbocycles. The van der Waals surface area contributed by atoms with E-state index in [2.05, 4.69) is 18.7 Å². The van der Waals surface area contributed by atoms with E-state index in [1.807, 2.05) is 0 Å². The van der Waals surface area contributed by atoms with E-state index in [0.717, 1.165) is 24.6 Å². The number of rotatable bonds is 7. The zero-order chi connectivity index (χ0) is 14.7. The van der Waals surface area contributed by atoms with E-state index in [1.165, 1.54) is 18.9 Å². The molecular formula is C16H22FNO2. The van der Waals surface area contributed by atoms with E-state index in [-0.39, 0.29) is 5.56 Å². The second kappa shape index (κ2) is 6.35. The van der Waals surface area contributed by atoms with Crippen molar-refractivity contribution in [3.63, 3.8) is 0 Å². The van der Waals surface area contributed by atoms with Crippen LogP contribution in [0.15, 0.2) is 18.2 Å². The summed E-state index contributed by atoms with van der Waals surface area (Å²) in [6, 6.07) is 4.68. The minimum atomic E-state index is -1.08. The van der Waals surface area contributed by atoms with Gasteiger partial charge >= 0.3 is 5.97 Å². The SMILES string of the molecule is CC(C)CCN(Cc1cc(F)cc(C(=O)O)c1)C1CC1. The zero-order valence-electron chi connectivity index (χ0n) is 12.1. The van der Waals surface area contributed by atoms with Crippen LogP contribution in [0.1, 0.15) is 49.0 Å². The minimum Gasteiger partial charge on any atom is -0.478 e. The van der Waals surface area contributed by atoms with E-state index in [1.54, 1.807) is 6.07 Å². The molecule has 1 fully saturated rings. The molecule has 0 amide bonds. The van der Waals surface area contributed by atoms with Crippen LogP contribution < -0.4 is 0 Å². The molecule has 1 aromatic rings. The number of aromatic carboxylic acids is 1. The third kappa shape index (κ3) is 4.30. The summed E-state index contributed by atoms with van der Waals surface area (Å²) in [6.45, 7) is 6.00. The molecule has 0 aliphatic heterocycles. The van der Waals surface area contributed by atoms with Crippen molar-refractivity contribution in [1.82, 2.24) is 4.90 Å². The maximum absolute atomic E-state index is 13.5. The molecule has 0 heterocycles. The van der Waals surface area contributed by atoms with Gasteiger partial charge in [-0.15, -0.1) is 0 Å². The molecule has 0 saturated heterocycles. The normalized spacial score (nSPS) is 15.1. The Kier molecular flexibility index (Phi) is 4.76. The quantitative estimate of drug-likeness (QED) is 0.830. The molecule has 3 nitrogen and oxygen atoms in total. The summed E-state index contributed by atoms with van der Waals surface area (Å²) >= 11 is 0. The first-order valence-electron chi connectivity index (χ1n) is 7.22. The zero-order valence-corrected chi connectivity index (χ0v) is 12.1. The second-order valence-electron chi connectivity index (χ2n) is 6.04. The van der Waals surface area contributed by atoms with E-state index < -0.39 is 11.8 Å². The number of halogens is 1. The van der Waals surface area contributed by atoms with E-state index in [4.69, 9.17) is 5.11 Å². The molecule has 0 radical (unpaired) electrons. The highest BCUT2D eigenvalue weighted by Gasteiger charge is 2.28. The van der Waals surface area contributed by atoms with Gasteiger partial charge in [-0.1, -0.05) is 13.8 Å². The molecule has 0 unspecified atom stereocenters. The van der Waals surface area contributed by atoms with Crippen LogP contribution in [0.25, 0.3) is 0 Å². The van der Waals surface area contributed by atoms with Crippen molar-refractivity contribution in [3.8, 4) is 0 Å². The molecule has 20 heavy (non-hydrogen) atoms. The van der Waals surface area contributed by atoms with E-state index >= 15 is 0 Å². The fourth-order valence-electron chi connectivity index (χ4n) is 2.35. The van der Waals surface area contributed by atoms with Gasteiger partial charge in [-0.2, -0.15) is 0 Å². The van der Waals surface area contributed by atoms with E-state index in [9.17, 15) is 9.18 Å². The first kappa shape index (κ1) is 15.0. The Balaban J connectivity index is 2.07. The largest absolute Gasteiger partial charge is 0.478 e. The number of carboxylic acid groups (broad SMARTS) is 1. The first-order chi connectivity index (χ1) is 9.45. The van der Waals surface area contributed by atoms with Gasteiger partial charge in [-0.05, 0) is 55.5 Å². The van der Waals surface area contributed by atoms with Crippen molar-refractivity contribution in [3.05, 3.63) is 35.1 Å². The summed E-state index contributed by atoms with van der Waals surface area (Å²) in [6.07, 6.45) is 3.50. The fourth-order valence-corrected chi connectivity index (χ4v) is 2.35. The average Bonchev–Trinajstić information content (AvgIpc) is 3.17. The van der Waals surface area contributed by atoms with Gasteiger partial charge in [-0.3, -0.25) is 4.90 Å². The number of hydrogen-bond donors (Lipinski definition) is 1. The van der Waals surface area contributed by atoms with Crippen molar-refractivity contribution in [2.24, 2.45) is 5.92 Å². The molecule has 2 rings (SSSR count). The molecular weight excluding hydrogens is 257 g/mol. The molecule has 1 N–H and O–H groups in total. The van der Waals surface area contributed by atoms with Gasteiger partial charge in [-0.25, -0.2) is 9.18 Å². The standard InChI is InChI=1S/C16H22FNO2/c1-11(2)5-6-18(15-3-4-15)10-12-7-13(16(19)20)9-14(17)8-12/h7-9,11,15H,3-6,10H2,1-2H3,(H,19,20). The van der Waals surface area contributed by atoms with Gasteiger partial charge in [0, 0.05) is 12.6 Å². The monoisotopic (exact) mass is 279 g/mol. The Morgan fingerprint density at radius 3 is 2.65 bits per heavy atom.